The number of benzene rings is 1. The number of esters is 2. The van der Waals surface area contributed by atoms with E-state index in [0.29, 0.717) is 30.2 Å². The van der Waals surface area contributed by atoms with Gasteiger partial charge in [-0.1, -0.05) is 6.07 Å². The second-order valence-corrected chi connectivity index (χ2v) is 5.16. The minimum Gasteiger partial charge on any atom is -0.491 e. The molecule has 138 valence electrons. The summed E-state index contributed by atoms with van der Waals surface area (Å²) in [6, 6.07) is 7.09. The molecule has 1 heterocycles. The van der Waals surface area contributed by atoms with E-state index in [9.17, 15) is 9.59 Å². The summed E-state index contributed by atoms with van der Waals surface area (Å²) in [6.07, 6.45) is 1.30. The van der Waals surface area contributed by atoms with E-state index >= 15 is 0 Å². The number of aromatic nitrogens is 1. The van der Waals surface area contributed by atoms with Gasteiger partial charge in [-0.05, 0) is 12.1 Å². The van der Waals surface area contributed by atoms with Crippen molar-refractivity contribution in [2.75, 3.05) is 34.5 Å². The smallest absolute Gasteiger partial charge is 0.353 e. The fourth-order valence-electron chi connectivity index (χ4n) is 2.19. The third-order valence-corrected chi connectivity index (χ3v) is 3.43. The molecule has 2 rings (SSSR count). The molecule has 0 unspecified atom stereocenters. The van der Waals surface area contributed by atoms with Gasteiger partial charge in [0.2, 0.25) is 0 Å². The van der Waals surface area contributed by atoms with Gasteiger partial charge >= 0.3 is 11.9 Å². The van der Waals surface area contributed by atoms with Gasteiger partial charge in [-0.15, -0.1) is 0 Å². The molecule has 0 saturated carbocycles. The first-order valence-corrected chi connectivity index (χ1v) is 7.82. The molecule has 26 heavy (non-hydrogen) atoms. The van der Waals surface area contributed by atoms with Crippen LogP contribution in [0, 0.1) is 0 Å². The highest BCUT2D eigenvalue weighted by Crippen LogP contribution is 2.30. The summed E-state index contributed by atoms with van der Waals surface area (Å²) in [7, 11) is 4.03. The molecule has 0 saturated heterocycles. The predicted octanol–water partition coefficient (Wildman–Crippen LogP) is 2.07. The Bertz CT molecular complexity index is 818. The SMILES string of the molecule is COCCOc1cc(N=C(CC(=O)OC)C(=O)OC)c2ncccc2c1. The zero-order valence-corrected chi connectivity index (χ0v) is 14.9. The number of pyridine rings is 1. The Morgan fingerprint density at radius 2 is 1.92 bits per heavy atom. The Kier molecular flexibility index (Phi) is 7.04. The zero-order chi connectivity index (χ0) is 18.9. The van der Waals surface area contributed by atoms with Gasteiger partial charge < -0.3 is 18.9 Å². The van der Waals surface area contributed by atoms with E-state index in [2.05, 4.69) is 14.7 Å². The van der Waals surface area contributed by atoms with Crippen LogP contribution in [0.2, 0.25) is 0 Å². The van der Waals surface area contributed by atoms with Crippen molar-refractivity contribution in [1.82, 2.24) is 4.98 Å². The first-order chi connectivity index (χ1) is 12.6. The minimum atomic E-state index is -0.717. The first kappa shape index (κ1) is 19.3. The average Bonchev–Trinajstić information content (AvgIpc) is 2.66. The highest BCUT2D eigenvalue weighted by Gasteiger charge is 2.18. The maximum absolute atomic E-state index is 12.0. The molecule has 0 N–H and O–H groups in total. The molecule has 0 aliphatic carbocycles. The molecular formula is C18H20N2O6. The first-order valence-electron chi connectivity index (χ1n) is 7.82. The van der Waals surface area contributed by atoms with E-state index in [1.807, 2.05) is 12.1 Å². The van der Waals surface area contributed by atoms with E-state index in [0.717, 1.165) is 5.39 Å². The van der Waals surface area contributed by atoms with Crippen LogP contribution in [0.1, 0.15) is 6.42 Å². The van der Waals surface area contributed by atoms with Gasteiger partial charge in [0.1, 0.15) is 18.1 Å². The number of ether oxygens (including phenoxy) is 4. The monoisotopic (exact) mass is 360 g/mol. The maximum atomic E-state index is 12.0. The van der Waals surface area contributed by atoms with Gasteiger partial charge in [0.25, 0.3) is 0 Å². The number of nitrogens with zero attached hydrogens (tertiary/aromatic N) is 2. The topological polar surface area (TPSA) is 96.3 Å². The van der Waals surface area contributed by atoms with Crippen LogP contribution < -0.4 is 4.74 Å². The van der Waals surface area contributed by atoms with Gasteiger partial charge in [-0.3, -0.25) is 9.78 Å². The molecule has 2 aromatic rings. The Morgan fingerprint density at radius 1 is 1.12 bits per heavy atom. The molecule has 1 aromatic carbocycles. The number of aliphatic imine (C=N–C) groups is 1. The number of hydrogen-bond acceptors (Lipinski definition) is 8. The van der Waals surface area contributed by atoms with Gasteiger partial charge in [-0.2, -0.15) is 0 Å². The molecule has 0 fully saturated rings. The van der Waals surface area contributed by atoms with Crippen LogP contribution in [-0.2, 0) is 23.8 Å². The molecule has 1 aromatic heterocycles. The molecule has 0 amide bonds. The third kappa shape index (κ3) is 5.00. The van der Waals surface area contributed by atoms with Gasteiger partial charge in [0.15, 0.2) is 0 Å². The summed E-state index contributed by atoms with van der Waals surface area (Å²) in [5.74, 6) is -0.771. The fourth-order valence-corrected chi connectivity index (χ4v) is 2.19. The van der Waals surface area contributed by atoms with Crippen LogP contribution in [-0.4, -0.2) is 57.2 Å². The Hall–Kier alpha value is -3.00. The molecule has 8 heteroatoms. The van der Waals surface area contributed by atoms with E-state index in [1.54, 1.807) is 25.4 Å². The number of carbonyl (C=O) groups excluding carboxylic acids is 2. The molecule has 0 bridgehead atoms. The highest BCUT2D eigenvalue weighted by atomic mass is 16.5. The Morgan fingerprint density at radius 3 is 2.62 bits per heavy atom. The predicted molar refractivity (Wildman–Crippen MR) is 94.9 cm³/mol. The second kappa shape index (κ2) is 9.47. The normalized spacial score (nSPS) is 11.3. The quantitative estimate of drug-likeness (QED) is 0.404. The summed E-state index contributed by atoms with van der Waals surface area (Å²) in [5.41, 5.74) is 0.873. The zero-order valence-electron chi connectivity index (χ0n) is 14.9. The summed E-state index contributed by atoms with van der Waals surface area (Å²) in [5, 5.41) is 0.781. The number of fused-ring (bicyclic) bond motifs is 1. The van der Waals surface area contributed by atoms with E-state index in [1.165, 1.54) is 14.2 Å². The number of hydrogen-bond donors (Lipinski definition) is 0. The molecule has 0 atom stereocenters. The largest absolute Gasteiger partial charge is 0.491 e. The molecule has 8 nitrogen and oxygen atoms in total. The van der Waals surface area contributed by atoms with Crippen molar-refractivity contribution in [1.29, 1.82) is 0 Å². The van der Waals surface area contributed by atoms with Crippen molar-refractivity contribution >= 4 is 34.2 Å². The maximum Gasteiger partial charge on any atom is 0.353 e. The van der Waals surface area contributed by atoms with Crippen LogP contribution in [0.4, 0.5) is 5.69 Å². The lowest BCUT2D eigenvalue weighted by atomic mass is 10.1. The molecule has 0 aliphatic heterocycles. The minimum absolute atomic E-state index is 0.0830. The lowest BCUT2D eigenvalue weighted by molar-refractivity contribution is -0.140. The number of methoxy groups -OCH3 is 3. The molecular weight excluding hydrogens is 340 g/mol. The summed E-state index contributed by atoms with van der Waals surface area (Å²) >= 11 is 0. The number of rotatable bonds is 8. The van der Waals surface area contributed by atoms with Crippen LogP contribution in [0.25, 0.3) is 10.9 Å². The lowest BCUT2D eigenvalue weighted by Crippen LogP contribution is -2.20. The van der Waals surface area contributed by atoms with Crippen LogP contribution in [0.15, 0.2) is 35.5 Å². The van der Waals surface area contributed by atoms with E-state index in [-0.39, 0.29) is 12.1 Å². The second-order valence-electron chi connectivity index (χ2n) is 5.16. The lowest BCUT2D eigenvalue weighted by Gasteiger charge is -2.10. The van der Waals surface area contributed by atoms with Gasteiger partial charge in [0, 0.05) is 24.8 Å². The van der Waals surface area contributed by atoms with Crippen LogP contribution >= 0.6 is 0 Å². The molecule has 0 radical (unpaired) electrons. The summed E-state index contributed by atoms with van der Waals surface area (Å²) in [4.78, 5) is 32.1. The summed E-state index contributed by atoms with van der Waals surface area (Å²) < 4.78 is 19.9. The van der Waals surface area contributed by atoms with Crippen molar-refractivity contribution in [2.24, 2.45) is 4.99 Å². The summed E-state index contributed by atoms with van der Waals surface area (Å²) in [6.45, 7) is 0.789. The average molecular weight is 360 g/mol. The standard InChI is InChI=1S/C18H20N2O6/c1-23-7-8-26-13-9-12-5-4-6-19-17(12)14(10-13)20-15(18(22)25-3)11-16(21)24-2/h4-6,9-10H,7-8,11H2,1-3H3. The van der Waals surface area contributed by atoms with Gasteiger partial charge in [-0.25, -0.2) is 9.79 Å². The van der Waals surface area contributed by atoms with Crippen molar-refractivity contribution in [2.45, 2.75) is 6.42 Å². The van der Waals surface area contributed by atoms with E-state index in [4.69, 9.17) is 14.2 Å². The van der Waals surface area contributed by atoms with Crippen molar-refractivity contribution in [3.05, 3.63) is 30.5 Å². The fraction of sp³-hybridized carbons (Fsp3) is 0.333. The van der Waals surface area contributed by atoms with Crippen molar-refractivity contribution in [3.8, 4) is 5.75 Å². The Balaban J connectivity index is 2.49. The van der Waals surface area contributed by atoms with Gasteiger partial charge in [0.05, 0.1) is 38.5 Å². The number of carbonyl (C=O) groups is 2. The van der Waals surface area contributed by atoms with Crippen molar-refractivity contribution < 1.29 is 28.5 Å². The molecule has 0 aliphatic rings. The van der Waals surface area contributed by atoms with E-state index < -0.39 is 11.9 Å². The third-order valence-electron chi connectivity index (χ3n) is 3.43. The van der Waals surface area contributed by atoms with Crippen molar-refractivity contribution in [3.63, 3.8) is 0 Å². The van der Waals surface area contributed by atoms with Crippen LogP contribution in [0.5, 0.6) is 5.75 Å². The highest BCUT2D eigenvalue weighted by molar-refractivity contribution is 6.40. The Labute approximate surface area is 150 Å². The molecule has 0 spiro atoms. The van der Waals surface area contributed by atoms with Crippen LogP contribution in [0.3, 0.4) is 0 Å².